The van der Waals surface area contributed by atoms with Crippen LogP contribution in [-0.4, -0.2) is 61.5 Å². The molecule has 17 heteroatoms. The van der Waals surface area contributed by atoms with Gasteiger partial charge in [-0.3, -0.25) is 14.6 Å². The Labute approximate surface area is 273 Å². The highest BCUT2D eigenvalue weighted by Crippen LogP contribution is 2.29. The summed E-state index contributed by atoms with van der Waals surface area (Å²) in [5.74, 6) is -1.20. The molecule has 0 radical (unpaired) electrons. The van der Waals surface area contributed by atoms with Crippen LogP contribution in [0.5, 0.6) is 11.5 Å². The summed E-state index contributed by atoms with van der Waals surface area (Å²) in [7, 11) is 0. The van der Waals surface area contributed by atoms with Gasteiger partial charge in [0, 0.05) is 32.2 Å². The van der Waals surface area contributed by atoms with E-state index in [1.54, 1.807) is 39.8 Å². The lowest BCUT2D eigenvalue weighted by Crippen LogP contribution is -2.33. The minimum Gasteiger partial charge on any atom is -0.444 e. The highest BCUT2D eigenvalue weighted by atomic mass is 19.4. The number of benzene rings is 2. The third-order valence-electron chi connectivity index (χ3n) is 5.09. The Morgan fingerprint density at radius 2 is 1.40 bits per heavy atom. The molecule has 0 unspecified atom stereocenters. The number of hydrogen-bond acceptors (Lipinski definition) is 7. The standard InChI is InChI=1S/C16H20F3NO4.C11H10F3NO.C2HF3O.C2H6/c1-15(2,3)24-14(22)20-10-6-8-12(21)11-7-4-5-9-13(11)23-16(17,18)19;12-11(13,14)16-10-6-2-1-4-8(10)9-5-3-7-15-9;3-2(4,5)1-6;1-2/h4-5,7,9H,6,8,10H2,1-3H3,(H,20,22);1-2,4,6H,3,5,7H2;1H;1-2H3/i;;;1D. The Hall–Kier alpha value is -4.31. The van der Waals surface area contributed by atoms with E-state index in [-0.39, 0.29) is 30.7 Å². The highest BCUT2D eigenvalue weighted by molar-refractivity contribution is 6.03. The van der Waals surface area contributed by atoms with E-state index >= 15 is 0 Å². The monoisotopic (exact) mass is 705 g/mol. The predicted molar refractivity (Wildman–Crippen MR) is 158 cm³/mol. The molecule has 1 N–H and O–H groups in total. The first kappa shape index (κ1) is 41.7. The van der Waals surface area contributed by atoms with Crippen LogP contribution in [0.2, 0.25) is 0 Å². The molecule has 1 amide bonds. The molecular weight excluding hydrogens is 667 g/mol. The molecule has 0 saturated carbocycles. The van der Waals surface area contributed by atoms with Gasteiger partial charge in [-0.15, -0.1) is 26.3 Å². The van der Waals surface area contributed by atoms with Crippen molar-refractivity contribution in [3.8, 4) is 11.5 Å². The van der Waals surface area contributed by atoms with Crippen LogP contribution in [0.25, 0.3) is 0 Å². The number of amides is 1. The van der Waals surface area contributed by atoms with Crippen molar-refractivity contribution in [1.29, 1.82) is 0 Å². The predicted octanol–water partition coefficient (Wildman–Crippen LogP) is 9.01. The molecule has 1 aliphatic heterocycles. The quantitative estimate of drug-likeness (QED) is 0.127. The second kappa shape index (κ2) is 20.1. The Kier molecular flexibility index (Phi) is 17.5. The van der Waals surface area contributed by atoms with Crippen molar-refractivity contribution in [2.45, 2.75) is 84.8 Å². The largest absolute Gasteiger partial charge is 0.573 e. The first-order valence-electron chi connectivity index (χ1n) is 14.8. The van der Waals surface area contributed by atoms with Crippen LogP contribution in [0.15, 0.2) is 53.5 Å². The number of ketones is 1. The summed E-state index contributed by atoms with van der Waals surface area (Å²) in [5, 5.41) is 2.47. The zero-order valence-electron chi connectivity index (χ0n) is 27.4. The minimum atomic E-state index is -4.87. The van der Waals surface area contributed by atoms with Gasteiger partial charge in [0.05, 0.1) is 5.56 Å². The Balaban J connectivity index is 0.000000785. The number of carbonyl (C=O) groups is 3. The maximum absolute atomic E-state index is 12.3. The first-order chi connectivity index (χ1) is 22.5. The molecule has 48 heavy (non-hydrogen) atoms. The van der Waals surface area contributed by atoms with Crippen LogP contribution >= 0.6 is 0 Å². The SMILES string of the molecule is CC(C)(C)OC(=O)NCCCC(=O)c1ccccc1OC(F)(F)F.FC(F)(F)Oc1ccccc1C1=NCCC1.O=CC(F)(F)F.[2H]CC. The smallest absolute Gasteiger partial charge is 0.444 e. The summed E-state index contributed by atoms with van der Waals surface area (Å²) < 4.78 is 124. The van der Waals surface area contributed by atoms with Gasteiger partial charge >= 0.3 is 25.0 Å². The number of carbonyl (C=O) groups excluding carboxylic acids is 3. The van der Waals surface area contributed by atoms with Crippen LogP contribution in [-0.2, 0) is 9.53 Å². The number of Topliss-reactive ketones (excluding diaryl/α,β-unsaturated/α-hetero) is 1. The highest BCUT2D eigenvalue weighted by Gasteiger charge is 2.33. The molecule has 0 spiro atoms. The van der Waals surface area contributed by atoms with Gasteiger partial charge < -0.3 is 19.5 Å². The van der Waals surface area contributed by atoms with Crippen LogP contribution in [0.3, 0.4) is 0 Å². The van der Waals surface area contributed by atoms with Crippen molar-refractivity contribution in [2.75, 3.05) is 13.1 Å². The summed E-state index contributed by atoms with van der Waals surface area (Å²) in [6.45, 7) is 8.29. The molecule has 2 aromatic rings. The molecule has 0 saturated heterocycles. The molecule has 0 aliphatic carbocycles. The number of hydrogen-bond donors (Lipinski definition) is 1. The van der Waals surface area contributed by atoms with Gasteiger partial charge in [0.2, 0.25) is 6.29 Å². The summed E-state index contributed by atoms with van der Waals surface area (Å²) >= 11 is 0. The van der Waals surface area contributed by atoms with E-state index in [0.29, 0.717) is 31.1 Å². The number of nitrogens with one attached hydrogen (secondary N) is 1. The van der Waals surface area contributed by atoms with Crippen LogP contribution in [0.4, 0.5) is 44.3 Å². The topological polar surface area (TPSA) is 103 Å². The van der Waals surface area contributed by atoms with Gasteiger partial charge in [-0.25, -0.2) is 4.79 Å². The van der Waals surface area contributed by atoms with E-state index in [4.69, 9.17) is 10.9 Å². The summed E-state index contributed by atoms with van der Waals surface area (Å²) in [5.41, 5.74) is 0.359. The zero-order chi connectivity index (χ0) is 37.9. The van der Waals surface area contributed by atoms with Gasteiger partial charge in [-0.05, 0) is 64.3 Å². The number of nitrogens with zero attached hydrogens (tertiary/aromatic N) is 1. The van der Waals surface area contributed by atoms with Crippen LogP contribution < -0.4 is 14.8 Å². The van der Waals surface area contributed by atoms with Gasteiger partial charge in [0.15, 0.2) is 5.78 Å². The fourth-order valence-corrected chi connectivity index (χ4v) is 3.48. The van der Waals surface area contributed by atoms with Crippen molar-refractivity contribution in [1.82, 2.24) is 5.32 Å². The first-order valence-corrected chi connectivity index (χ1v) is 14.1. The summed E-state index contributed by atoms with van der Waals surface area (Å²) in [4.78, 5) is 36.3. The zero-order valence-corrected chi connectivity index (χ0v) is 26.4. The van der Waals surface area contributed by atoms with Crippen molar-refractivity contribution < 1.29 is 69.5 Å². The maximum atomic E-state index is 12.3. The molecule has 8 nitrogen and oxygen atoms in total. The second-order valence-corrected chi connectivity index (χ2v) is 10.1. The molecule has 1 aliphatic rings. The average Bonchev–Trinajstić information content (AvgIpc) is 3.49. The Morgan fingerprint density at radius 3 is 1.88 bits per heavy atom. The maximum Gasteiger partial charge on any atom is 0.573 e. The molecule has 2 aromatic carbocycles. The van der Waals surface area contributed by atoms with Gasteiger partial charge in [-0.2, -0.15) is 13.2 Å². The summed E-state index contributed by atoms with van der Waals surface area (Å²) in [6, 6.07) is 11.3. The van der Waals surface area contributed by atoms with Gasteiger partial charge in [0.1, 0.15) is 17.1 Å². The van der Waals surface area contributed by atoms with E-state index in [1.165, 1.54) is 30.3 Å². The molecule has 0 atom stereocenters. The van der Waals surface area contributed by atoms with Crippen molar-refractivity contribution in [2.24, 2.45) is 4.99 Å². The number of para-hydroxylation sites is 2. The van der Waals surface area contributed by atoms with E-state index < -0.39 is 48.4 Å². The lowest BCUT2D eigenvalue weighted by Gasteiger charge is -2.19. The minimum absolute atomic E-state index is 0.0337. The number of aliphatic imine (C=N–C) groups is 1. The fourth-order valence-electron chi connectivity index (χ4n) is 3.48. The fraction of sp³-hybridized carbons (Fsp3) is 0.484. The third kappa shape index (κ3) is 20.7. The van der Waals surface area contributed by atoms with Crippen molar-refractivity contribution in [3.05, 3.63) is 59.7 Å². The number of alkyl carbamates (subject to hydrolysis) is 1. The Bertz CT molecular complexity index is 1340. The summed E-state index contributed by atoms with van der Waals surface area (Å²) in [6.07, 6.45) is -14.0. The molecule has 0 aromatic heterocycles. The van der Waals surface area contributed by atoms with Gasteiger partial charge in [-0.1, -0.05) is 38.1 Å². The normalized spacial score (nSPS) is 13.0. The third-order valence-corrected chi connectivity index (χ3v) is 5.09. The number of aldehydes is 1. The van der Waals surface area contributed by atoms with E-state index in [9.17, 15) is 49.1 Å². The molecule has 270 valence electrons. The molecule has 0 fully saturated rings. The molecule has 3 rings (SSSR count). The number of rotatable bonds is 8. The number of alkyl halides is 9. The molecule has 1 heterocycles. The molecular formula is C31H37F9N2O6. The second-order valence-electron chi connectivity index (χ2n) is 10.1. The lowest BCUT2D eigenvalue weighted by atomic mass is 10.1. The van der Waals surface area contributed by atoms with Gasteiger partial charge in [0.25, 0.3) is 0 Å². The lowest BCUT2D eigenvalue weighted by molar-refractivity contribution is -0.275. The van der Waals surface area contributed by atoms with Crippen LogP contribution in [0.1, 0.15) is 77.6 Å². The number of halogens is 9. The molecule has 0 bridgehead atoms. The van der Waals surface area contributed by atoms with E-state index in [2.05, 4.69) is 19.8 Å². The van der Waals surface area contributed by atoms with E-state index in [0.717, 1.165) is 12.5 Å². The van der Waals surface area contributed by atoms with E-state index in [1.807, 2.05) is 0 Å². The number of ether oxygens (including phenoxy) is 3. The average molecular weight is 706 g/mol. The van der Waals surface area contributed by atoms with Crippen molar-refractivity contribution in [3.63, 3.8) is 0 Å². The van der Waals surface area contributed by atoms with Crippen LogP contribution in [0, 0.1) is 0 Å². The van der Waals surface area contributed by atoms with Crippen molar-refractivity contribution >= 4 is 23.9 Å². The Morgan fingerprint density at radius 1 is 0.896 bits per heavy atom.